The van der Waals surface area contributed by atoms with E-state index in [0.717, 1.165) is 23.2 Å². The van der Waals surface area contributed by atoms with E-state index >= 15 is 0 Å². The quantitative estimate of drug-likeness (QED) is 0.781. The molecule has 1 saturated heterocycles. The largest absolute Gasteiger partial charge is 0.379 e. The Morgan fingerprint density at radius 2 is 1.61 bits per heavy atom. The molecule has 0 radical (unpaired) electrons. The number of anilines is 2. The Bertz CT molecular complexity index is 1150. The molecular weight excluding hydrogens is 418 g/mol. The van der Waals surface area contributed by atoms with Crippen molar-refractivity contribution in [1.82, 2.24) is 4.31 Å². The number of rotatable bonds is 4. The number of hydrogen-bond acceptors (Lipinski definition) is 5. The van der Waals surface area contributed by atoms with E-state index in [2.05, 4.69) is 5.32 Å². The summed E-state index contributed by atoms with van der Waals surface area (Å²) in [5, 5.41) is 2.92. The molecule has 3 heterocycles. The molecule has 3 aliphatic rings. The third kappa shape index (κ3) is 3.62. The van der Waals surface area contributed by atoms with Crippen molar-refractivity contribution in [2.24, 2.45) is 0 Å². The number of nitrogens with one attached hydrogen (secondary N) is 1. The van der Waals surface area contributed by atoms with E-state index in [0.29, 0.717) is 56.9 Å². The average Bonchev–Trinajstić information content (AvgIpc) is 3.22. The number of ether oxygens (including phenoxy) is 1. The summed E-state index contributed by atoms with van der Waals surface area (Å²) < 4.78 is 32.1. The normalized spacial score (nSPS) is 18.7. The minimum Gasteiger partial charge on any atom is -0.379 e. The molecule has 2 aromatic rings. The van der Waals surface area contributed by atoms with Gasteiger partial charge in [-0.2, -0.15) is 4.31 Å². The third-order valence-electron chi connectivity index (χ3n) is 6.03. The number of aryl methyl sites for hydroxylation is 1. The van der Waals surface area contributed by atoms with Crippen LogP contribution in [-0.2, 0) is 32.4 Å². The first kappa shape index (κ1) is 20.2. The fourth-order valence-electron chi connectivity index (χ4n) is 4.45. The summed E-state index contributed by atoms with van der Waals surface area (Å²) in [4.78, 5) is 26.8. The maximum absolute atomic E-state index is 12.8. The molecule has 2 aromatic carbocycles. The molecule has 0 atom stereocenters. The number of hydrogen-bond donors (Lipinski definition) is 1. The molecule has 0 spiro atoms. The van der Waals surface area contributed by atoms with E-state index in [9.17, 15) is 18.0 Å². The molecule has 1 N–H and O–H groups in total. The molecule has 0 unspecified atom stereocenters. The van der Waals surface area contributed by atoms with Gasteiger partial charge in [0.2, 0.25) is 15.9 Å². The van der Waals surface area contributed by atoms with Gasteiger partial charge in [-0.05, 0) is 60.4 Å². The van der Waals surface area contributed by atoms with Gasteiger partial charge in [-0.25, -0.2) is 8.42 Å². The fourth-order valence-corrected chi connectivity index (χ4v) is 5.86. The molecule has 2 amide bonds. The lowest BCUT2D eigenvalue weighted by Crippen LogP contribution is -2.40. The molecule has 3 aliphatic heterocycles. The van der Waals surface area contributed by atoms with Crippen LogP contribution < -0.4 is 10.2 Å². The SMILES string of the molecule is O=C(Nc1cc2c3c(c1)CCN3C(=O)CC2)c1ccc(S(=O)(=O)N2CCOCC2)cc1. The minimum absolute atomic E-state index is 0.162. The maximum atomic E-state index is 12.8. The second-order valence-electron chi connectivity index (χ2n) is 7.93. The van der Waals surface area contributed by atoms with Gasteiger partial charge in [0.05, 0.1) is 23.8 Å². The Labute approximate surface area is 180 Å². The topological polar surface area (TPSA) is 96.0 Å². The van der Waals surface area contributed by atoms with Crippen molar-refractivity contribution in [2.75, 3.05) is 43.1 Å². The van der Waals surface area contributed by atoms with Crippen LogP contribution in [0.3, 0.4) is 0 Å². The predicted octanol–water partition coefficient (Wildman–Crippen LogP) is 1.80. The van der Waals surface area contributed by atoms with Crippen LogP contribution in [0, 0.1) is 0 Å². The van der Waals surface area contributed by atoms with Crippen LogP contribution in [-0.4, -0.2) is 57.4 Å². The van der Waals surface area contributed by atoms with Gasteiger partial charge in [-0.15, -0.1) is 0 Å². The summed E-state index contributed by atoms with van der Waals surface area (Å²) in [5.74, 6) is -0.139. The van der Waals surface area contributed by atoms with E-state index in [-0.39, 0.29) is 16.7 Å². The molecule has 0 aromatic heterocycles. The Hall–Kier alpha value is -2.75. The van der Waals surface area contributed by atoms with Crippen LogP contribution in [0.4, 0.5) is 11.4 Å². The first-order valence-corrected chi connectivity index (χ1v) is 11.8. The number of carbonyl (C=O) groups is 2. The number of nitrogens with zero attached hydrogens (tertiary/aromatic N) is 2. The van der Waals surface area contributed by atoms with Crippen LogP contribution >= 0.6 is 0 Å². The summed E-state index contributed by atoms with van der Waals surface area (Å²) in [7, 11) is -3.59. The van der Waals surface area contributed by atoms with Crippen molar-refractivity contribution in [2.45, 2.75) is 24.2 Å². The highest BCUT2D eigenvalue weighted by molar-refractivity contribution is 7.89. The molecule has 0 bridgehead atoms. The highest BCUT2D eigenvalue weighted by Gasteiger charge is 2.31. The van der Waals surface area contributed by atoms with Gasteiger partial charge in [0.25, 0.3) is 5.91 Å². The van der Waals surface area contributed by atoms with Gasteiger partial charge >= 0.3 is 0 Å². The number of amides is 2. The number of sulfonamides is 1. The van der Waals surface area contributed by atoms with Crippen LogP contribution in [0.2, 0.25) is 0 Å². The number of benzene rings is 2. The Kier molecular flexibility index (Phi) is 5.04. The first-order chi connectivity index (χ1) is 14.9. The van der Waals surface area contributed by atoms with Gasteiger partial charge in [0.15, 0.2) is 0 Å². The van der Waals surface area contributed by atoms with Gasteiger partial charge in [-0.3, -0.25) is 9.59 Å². The van der Waals surface area contributed by atoms with Crippen LogP contribution in [0.15, 0.2) is 41.3 Å². The Morgan fingerprint density at radius 3 is 2.32 bits per heavy atom. The van der Waals surface area contributed by atoms with Gasteiger partial charge in [0.1, 0.15) is 0 Å². The highest BCUT2D eigenvalue weighted by Crippen LogP contribution is 2.38. The second-order valence-corrected chi connectivity index (χ2v) is 9.87. The lowest BCUT2D eigenvalue weighted by atomic mass is 9.98. The van der Waals surface area contributed by atoms with Gasteiger partial charge in [-0.1, -0.05) is 0 Å². The summed E-state index contributed by atoms with van der Waals surface area (Å²) >= 11 is 0. The van der Waals surface area contributed by atoms with E-state index in [4.69, 9.17) is 4.74 Å². The number of carbonyl (C=O) groups excluding carboxylic acids is 2. The van der Waals surface area contributed by atoms with Crippen molar-refractivity contribution in [1.29, 1.82) is 0 Å². The van der Waals surface area contributed by atoms with E-state index in [1.165, 1.54) is 28.6 Å². The van der Waals surface area contributed by atoms with Crippen LogP contribution in [0.25, 0.3) is 0 Å². The second kappa shape index (κ2) is 7.74. The summed E-state index contributed by atoms with van der Waals surface area (Å²) in [6, 6.07) is 9.84. The monoisotopic (exact) mass is 441 g/mol. The molecule has 1 fully saturated rings. The zero-order chi connectivity index (χ0) is 21.6. The van der Waals surface area contributed by atoms with Crippen molar-refractivity contribution in [3.8, 4) is 0 Å². The third-order valence-corrected chi connectivity index (χ3v) is 7.95. The molecule has 8 nitrogen and oxygen atoms in total. The molecule has 31 heavy (non-hydrogen) atoms. The first-order valence-electron chi connectivity index (χ1n) is 10.4. The van der Waals surface area contributed by atoms with Crippen molar-refractivity contribution >= 4 is 33.2 Å². The summed E-state index contributed by atoms with van der Waals surface area (Å²) in [6.07, 6.45) is 1.95. The van der Waals surface area contributed by atoms with E-state index < -0.39 is 10.0 Å². The zero-order valence-electron chi connectivity index (χ0n) is 17.0. The summed E-state index contributed by atoms with van der Waals surface area (Å²) in [5.41, 5.74) is 4.24. The van der Waals surface area contributed by atoms with Gasteiger partial charge in [0, 0.05) is 37.3 Å². The van der Waals surface area contributed by atoms with Crippen LogP contribution in [0.1, 0.15) is 27.9 Å². The maximum Gasteiger partial charge on any atom is 0.255 e. The van der Waals surface area contributed by atoms with Gasteiger partial charge < -0.3 is 15.0 Å². The molecular formula is C22H23N3O5S. The van der Waals surface area contributed by atoms with Crippen LogP contribution in [0.5, 0.6) is 0 Å². The predicted molar refractivity (Wildman–Crippen MR) is 115 cm³/mol. The van der Waals surface area contributed by atoms with Crippen molar-refractivity contribution in [3.63, 3.8) is 0 Å². The minimum atomic E-state index is -3.59. The molecule has 5 rings (SSSR count). The summed E-state index contributed by atoms with van der Waals surface area (Å²) in [6.45, 7) is 2.11. The smallest absolute Gasteiger partial charge is 0.255 e. The molecule has 0 aliphatic carbocycles. The lowest BCUT2D eigenvalue weighted by molar-refractivity contribution is -0.118. The highest BCUT2D eigenvalue weighted by atomic mass is 32.2. The fraction of sp³-hybridized carbons (Fsp3) is 0.364. The standard InChI is InChI=1S/C22H23N3O5S/c26-20-6-3-16-13-18(14-17-7-8-25(20)21(16)17)23-22(27)15-1-4-19(5-2-15)31(28,29)24-9-11-30-12-10-24/h1-2,4-5,13-14H,3,6-12H2,(H,23,27). The Balaban J connectivity index is 1.33. The van der Waals surface area contributed by atoms with E-state index in [1.54, 1.807) is 0 Å². The number of morpholine rings is 1. The van der Waals surface area contributed by atoms with Crippen molar-refractivity contribution in [3.05, 3.63) is 53.1 Å². The molecule has 0 saturated carbocycles. The average molecular weight is 442 g/mol. The van der Waals surface area contributed by atoms with E-state index in [1.807, 2.05) is 17.0 Å². The molecule has 9 heteroatoms. The Morgan fingerprint density at radius 1 is 0.935 bits per heavy atom. The van der Waals surface area contributed by atoms with Crippen molar-refractivity contribution < 1.29 is 22.7 Å². The lowest BCUT2D eigenvalue weighted by Gasteiger charge is -2.26. The molecule has 162 valence electrons. The zero-order valence-corrected chi connectivity index (χ0v) is 17.8.